The number of aromatic carboxylic acids is 1. The molecule has 242 valence electrons. The summed E-state index contributed by atoms with van der Waals surface area (Å²) in [6.45, 7) is 0.271. The van der Waals surface area contributed by atoms with E-state index in [1.54, 1.807) is 41.3 Å². The number of tetrazole rings is 1. The van der Waals surface area contributed by atoms with Crippen LogP contribution in [0.1, 0.15) is 71.5 Å². The number of carbonyl (C=O) groups excluding carboxylic acids is 2. The topological polar surface area (TPSA) is 128 Å². The van der Waals surface area contributed by atoms with Crippen LogP contribution in [0.2, 0.25) is 5.02 Å². The van der Waals surface area contributed by atoms with Gasteiger partial charge in [-0.1, -0.05) is 73.3 Å². The molecule has 2 fully saturated rings. The number of rotatable bonds is 10. The molecule has 2 heterocycles. The average Bonchev–Trinajstić information content (AvgIpc) is 3.63. The Kier molecular flexibility index (Phi) is 10.2. The van der Waals surface area contributed by atoms with Gasteiger partial charge in [-0.25, -0.2) is 4.79 Å². The van der Waals surface area contributed by atoms with Crippen molar-refractivity contribution < 1.29 is 24.2 Å². The number of ketones is 1. The van der Waals surface area contributed by atoms with Crippen LogP contribution in [0.4, 0.5) is 0 Å². The third kappa shape index (κ3) is 7.84. The normalized spacial score (nSPS) is 20.4. The molecule has 0 bridgehead atoms. The maximum absolute atomic E-state index is 14.3. The number of hydrogen-bond acceptors (Lipinski definition) is 7. The molecular weight excluding hydrogens is 618 g/mol. The number of aromatic nitrogens is 4. The Balaban J connectivity index is 1.34. The van der Waals surface area contributed by atoms with Crippen LogP contribution in [0.5, 0.6) is 0 Å². The second-order valence-corrected chi connectivity index (χ2v) is 12.6. The first kappa shape index (κ1) is 32.3. The van der Waals surface area contributed by atoms with Crippen molar-refractivity contribution in [2.45, 2.75) is 69.1 Å². The first-order chi connectivity index (χ1) is 22.9. The second kappa shape index (κ2) is 14.8. The molecule has 1 aromatic heterocycles. The predicted molar refractivity (Wildman–Crippen MR) is 176 cm³/mol. The SMILES string of the molecule is O=C(O)c1ccc(CC(=O)[C@@H]2[C@H](c3ccccc3)C[C@H](OC3CCCCC3)CN2C(=O)/C=C/c2cc(Cl)ccc2-n2cnnn2)cc1. The highest BCUT2D eigenvalue weighted by atomic mass is 35.5. The number of ether oxygens (including phenoxy) is 1. The number of carboxylic acids is 1. The Bertz CT molecular complexity index is 1720. The van der Waals surface area contributed by atoms with Gasteiger partial charge in [0, 0.05) is 35.5 Å². The van der Waals surface area contributed by atoms with Gasteiger partial charge < -0.3 is 14.7 Å². The van der Waals surface area contributed by atoms with E-state index in [1.165, 1.54) is 35.6 Å². The summed E-state index contributed by atoms with van der Waals surface area (Å²) in [7, 11) is 0. The minimum absolute atomic E-state index is 0.0489. The van der Waals surface area contributed by atoms with E-state index >= 15 is 0 Å². The third-order valence-electron chi connectivity index (χ3n) is 8.98. The van der Waals surface area contributed by atoms with Crippen molar-refractivity contribution in [2.24, 2.45) is 0 Å². The molecule has 1 saturated heterocycles. The Labute approximate surface area is 278 Å². The molecule has 6 rings (SSSR count). The number of halogens is 1. The summed E-state index contributed by atoms with van der Waals surface area (Å²) >= 11 is 6.33. The van der Waals surface area contributed by atoms with E-state index in [1.807, 2.05) is 30.3 Å². The standard InChI is InChI=1S/C36H36ClN5O5/c37-28-16-17-32(42-23-38-39-40-42)27(20-28)15-18-34(44)41-22-30(47-29-9-5-2-6-10-29)21-31(25-7-3-1-4-8-25)35(41)33(43)19-24-11-13-26(14-12-24)36(45)46/h1,3-4,7-8,11-18,20,23,29-31,35H,2,5-6,9-10,19,21-22H2,(H,45,46)/b18-15+/t30-,31-,35-/m0/s1. The van der Waals surface area contributed by atoms with Gasteiger partial charge in [0.1, 0.15) is 6.33 Å². The lowest BCUT2D eigenvalue weighted by molar-refractivity contribution is -0.146. The van der Waals surface area contributed by atoms with Gasteiger partial charge in [0.25, 0.3) is 0 Å². The Morgan fingerprint density at radius 2 is 1.72 bits per heavy atom. The molecule has 0 unspecified atom stereocenters. The Morgan fingerprint density at radius 3 is 2.43 bits per heavy atom. The molecule has 0 spiro atoms. The largest absolute Gasteiger partial charge is 0.478 e. The van der Waals surface area contributed by atoms with Gasteiger partial charge in [-0.05, 0) is 77.2 Å². The van der Waals surface area contributed by atoms with Gasteiger partial charge in [0.15, 0.2) is 5.78 Å². The minimum Gasteiger partial charge on any atom is -0.478 e. The molecule has 4 aromatic rings. The molecule has 3 aromatic carbocycles. The van der Waals surface area contributed by atoms with Crippen molar-refractivity contribution in [3.05, 3.63) is 112 Å². The molecule has 2 aliphatic rings. The first-order valence-electron chi connectivity index (χ1n) is 15.9. The fraction of sp³-hybridized carbons (Fsp3) is 0.333. The van der Waals surface area contributed by atoms with Crippen molar-refractivity contribution in [3.63, 3.8) is 0 Å². The predicted octanol–water partition coefficient (Wildman–Crippen LogP) is 5.94. The van der Waals surface area contributed by atoms with Gasteiger partial charge in [-0.2, -0.15) is 4.68 Å². The van der Waals surface area contributed by atoms with Crippen LogP contribution in [0.3, 0.4) is 0 Å². The van der Waals surface area contributed by atoms with Crippen LogP contribution in [0, 0.1) is 0 Å². The molecule has 11 heteroatoms. The van der Waals surface area contributed by atoms with Crippen LogP contribution >= 0.6 is 11.6 Å². The Morgan fingerprint density at radius 1 is 0.957 bits per heavy atom. The molecule has 1 aliphatic carbocycles. The minimum atomic E-state index is -1.03. The maximum Gasteiger partial charge on any atom is 0.335 e. The lowest BCUT2D eigenvalue weighted by Crippen LogP contribution is -2.56. The van der Waals surface area contributed by atoms with E-state index in [2.05, 4.69) is 15.5 Å². The second-order valence-electron chi connectivity index (χ2n) is 12.1. The number of amides is 1. The third-order valence-corrected chi connectivity index (χ3v) is 9.22. The summed E-state index contributed by atoms with van der Waals surface area (Å²) in [5, 5.41) is 21.2. The molecule has 47 heavy (non-hydrogen) atoms. The molecule has 1 N–H and O–H groups in total. The number of benzene rings is 3. The fourth-order valence-corrected chi connectivity index (χ4v) is 6.90. The zero-order valence-corrected chi connectivity index (χ0v) is 26.6. The monoisotopic (exact) mass is 653 g/mol. The lowest BCUT2D eigenvalue weighted by atomic mass is 9.79. The number of likely N-dealkylation sites (tertiary alicyclic amines) is 1. The summed E-state index contributed by atoms with van der Waals surface area (Å²) in [6, 6.07) is 20.6. The average molecular weight is 654 g/mol. The number of nitrogens with zero attached hydrogens (tertiary/aromatic N) is 5. The van der Waals surface area contributed by atoms with Crippen LogP contribution in [0.15, 0.2) is 85.2 Å². The zero-order valence-electron chi connectivity index (χ0n) is 25.8. The lowest BCUT2D eigenvalue weighted by Gasteiger charge is -2.45. The van der Waals surface area contributed by atoms with Gasteiger partial charge in [-0.3, -0.25) is 9.59 Å². The smallest absolute Gasteiger partial charge is 0.335 e. The summed E-state index contributed by atoms with van der Waals surface area (Å²) in [6.07, 6.45) is 10.5. The molecule has 0 radical (unpaired) electrons. The van der Waals surface area contributed by atoms with Gasteiger partial charge >= 0.3 is 5.97 Å². The van der Waals surface area contributed by atoms with Crippen LogP contribution in [-0.4, -0.2) is 72.7 Å². The van der Waals surface area contributed by atoms with Crippen LogP contribution < -0.4 is 0 Å². The van der Waals surface area contributed by atoms with Crippen molar-refractivity contribution in [1.29, 1.82) is 0 Å². The molecule has 10 nitrogen and oxygen atoms in total. The highest BCUT2D eigenvalue weighted by Crippen LogP contribution is 2.37. The quantitative estimate of drug-likeness (QED) is 0.208. The first-order valence-corrected chi connectivity index (χ1v) is 16.3. The van der Waals surface area contributed by atoms with Crippen molar-refractivity contribution in [1.82, 2.24) is 25.1 Å². The van der Waals surface area contributed by atoms with Crippen LogP contribution in [-0.2, 0) is 20.7 Å². The maximum atomic E-state index is 14.3. The highest BCUT2D eigenvalue weighted by molar-refractivity contribution is 6.30. The summed E-state index contributed by atoms with van der Waals surface area (Å²) in [5.41, 5.74) is 3.06. The summed E-state index contributed by atoms with van der Waals surface area (Å²) in [4.78, 5) is 41.6. The van der Waals surface area contributed by atoms with E-state index in [9.17, 15) is 19.5 Å². The molecule has 1 aliphatic heterocycles. The zero-order chi connectivity index (χ0) is 32.8. The van der Waals surface area contributed by atoms with Crippen molar-refractivity contribution >= 4 is 35.3 Å². The van der Waals surface area contributed by atoms with Gasteiger partial charge in [0.2, 0.25) is 5.91 Å². The molecular formula is C36H36ClN5O5. The Hall–Kier alpha value is -4.67. The van der Waals surface area contributed by atoms with Crippen molar-refractivity contribution in [2.75, 3.05) is 6.54 Å². The fourth-order valence-electron chi connectivity index (χ4n) is 6.72. The number of hydrogen-bond donors (Lipinski definition) is 1. The number of carbonyl (C=O) groups is 3. The molecule has 1 saturated carbocycles. The summed E-state index contributed by atoms with van der Waals surface area (Å²) in [5.74, 6) is -1.79. The van der Waals surface area contributed by atoms with Crippen LogP contribution in [0.25, 0.3) is 11.8 Å². The van der Waals surface area contributed by atoms with E-state index in [-0.39, 0.29) is 48.3 Å². The highest BCUT2D eigenvalue weighted by Gasteiger charge is 2.43. The van der Waals surface area contributed by atoms with E-state index < -0.39 is 12.0 Å². The molecule has 3 atom stereocenters. The number of Topliss-reactive ketones (excluding diaryl/α,β-unsaturated/α-hetero) is 1. The number of carboxylic acid groups (broad SMARTS) is 1. The number of piperidine rings is 1. The van der Waals surface area contributed by atoms with E-state index in [4.69, 9.17) is 16.3 Å². The van der Waals surface area contributed by atoms with Gasteiger partial charge in [-0.15, -0.1) is 5.10 Å². The van der Waals surface area contributed by atoms with E-state index in [0.29, 0.717) is 28.3 Å². The molecule has 1 amide bonds. The summed E-state index contributed by atoms with van der Waals surface area (Å²) < 4.78 is 8.15. The van der Waals surface area contributed by atoms with Gasteiger partial charge in [0.05, 0.1) is 29.5 Å². The van der Waals surface area contributed by atoms with Crippen molar-refractivity contribution in [3.8, 4) is 5.69 Å². The van der Waals surface area contributed by atoms with E-state index in [0.717, 1.165) is 31.2 Å².